The van der Waals surface area contributed by atoms with Crippen LogP contribution < -0.4 is 5.32 Å². The van der Waals surface area contributed by atoms with Crippen LogP contribution in [0.25, 0.3) is 0 Å². The van der Waals surface area contributed by atoms with E-state index in [9.17, 15) is 10.1 Å². The molecule has 0 saturated heterocycles. The van der Waals surface area contributed by atoms with Gasteiger partial charge in [-0.25, -0.2) is 0 Å². The van der Waals surface area contributed by atoms with Crippen LogP contribution in [0.4, 0.5) is 5.69 Å². The fourth-order valence-electron chi connectivity index (χ4n) is 2.25. The Kier molecular flexibility index (Phi) is 4.20. The molecule has 0 saturated carbocycles. The minimum atomic E-state index is -0.352. The summed E-state index contributed by atoms with van der Waals surface area (Å²) >= 11 is 0. The summed E-state index contributed by atoms with van der Waals surface area (Å²) in [4.78, 5) is 10.7. The summed E-state index contributed by atoms with van der Waals surface area (Å²) in [6, 6.07) is 10.4. The second kappa shape index (κ2) is 5.88. The minimum absolute atomic E-state index is 0.0153. The highest BCUT2D eigenvalue weighted by molar-refractivity contribution is 5.41. The van der Waals surface area contributed by atoms with Crippen LogP contribution in [0.3, 0.4) is 0 Å². The quantitative estimate of drug-likeness (QED) is 0.663. The number of hydrogen-bond donors (Lipinski definition) is 1. The lowest BCUT2D eigenvalue weighted by Crippen LogP contribution is -2.22. The van der Waals surface area contributed by atoms with Crippen molar-refractivity contribution in [2.24, 2.45) is 0 Å². The number of benzene rings is 1. The molecule has 2 unspecified atom stereocenters. The van der Waals surface area contributed by atoms with Crippen LogP contribution in [-0.2, 0) is 0 Å². The Balaban J connectivity index is 2.16. The molecule has 0 radical (unpaired) electrons. The molecule has 1 aromatic carbocycles. The molecule has 0 amide bonds. The van der Waals surface area contributed by atoms with E-state index in [4.69, 9.17) is 4.42 Å². The molecule has 106 valence electrons. The van der Waals surface area contributed by atoms with Gasteiger partial charge in [0, 0.05) is 17.7 Å². The van der Waals surface area contributed by atoms with Gasteiger partial charge in [0.05, 0.1) is 11.0 Å². The lowest BCUT2D eigenvalue weighted by atomic mass is 10.1. The van der Waals surface area contributed by atoms with Gasteiger partial charge in [-0.15, -0.1) is 0 Å². The highest BCUT2D eigenvalue weighted by atomic mass is 16.6. The topological polar surface area (TPSA) is 68.3 Å². The van der Waals surface area contributed by atoms with E-state index < -0.39 is 0 Å². The zero-order valence-corrected chi connectivity index (χ0v) is 11.8. The molecule has 1 N–H and O–H groups in total. The van der Waals surface area contributed by atoms with Crippen molar-refractivity contribution in [2.45, 2.75) is 32.9 Å². The first kappa shape index (κ1) is 14.3. The van der Waals surface area contributed by atoms with Crippen LogP contribution in [-0.4, -0.2) is 4.92 Å². The highest BCUT2D eigenvalue weighted by Crippen LogP contribution is 2.27. The van der Waals surface area contributed by atoms with E-state index in [1.165, 1.54) is 6.07 Å². The Bertz CT molecular complexity index is 607. The van der Waals surface area contributed by atoms with Gasteiger partial charge in [-0.1, -0.05) is 18.2 Å². The Hall–Kier alpha value is -2.14. The molecule has 1 heterocycles. The predicted octanol–water partition coefficient (Wildman–Crippen LogP) is 3.91. The lowest BCUT2D eigenvalue weighted by Gasteiger charge is -2.18. The van der Waals surface area contributed by atoms with Gasteiger partial charge in [-0.3, -0.25) is 10.1 Å². The number of nitro benzene ring substituents is 1. The summed E-state index contributed by atoms with van der Waals surface area (Å²) in [5.74, 6) is 1.68. The molecule has 1 aromatic heterocycles. The van der Waals surface area contributed by atoms with Crippen molar-refractivity contribution in [3.05, 3.63) is 63.6 Å². The van der Waals surface area contributed by atoms with Gasteiger partial charge in [0.15, 0.2) is 0 Å². The Morgan fingerprint density at radius 2 is 1.85 bits per heavy atom. The van der Waals surface area contributed by atoms with Gasteiger partial charge in [-0.05, 0) is 32.9 Å². The van der Waals surface area contributed by atoms with Gasteiger partial charge in [-0.2, -0.15) is 0 Å². The molecule has 20 heavy (non-hydrogen) atoms. The number of nitrogens with one attached hydrogen (secondary N) is 1. The molecule has 0 fully saturated rings. The Morgan fingerprint density at radius 3 is 2.45 bits per heavy atom. The summed E-state index contributed by atoms with van der Waals surface area (Å²) in [5.41, 5.74) is 0.808. The SMILES string of the molecule is Cc1ccc(C(C)NC(C)c2ccccc2[N+](=O)[O-])o1. The van der Waals surface area contributed by atoms with Crippen LogP contribution in [0.1, 0.15) is 43.0 Å². The maximum absolute atomic E-state index is 11.0. The smallest absolute Gasteiger partial charge is 0.274 e. The van der Waals surface area contributed by atoms with Gasteiger partial charge < -0.3 is 9.73 Å². The van der Waals surface area contributed by atoms with Crippen molar-refractivity contribution in [3.8, 4) is 0 Å². The molecule has 0 spiro atoms. The number of nitro groups is 1. The molecule has 0 aliphatic heterocycles. The normalized spacial score (nSPS) is 13.9. The Labute approximate surface area is 117 Å². The maximum Gasteiger partial charge on any atom is 0.274 e. The standard InChI is InChI=1S/C15H18N2O3/c1-10-8-9-15(20-10)12(3)16-11(2)13-6-4-5-7-14(13)17(18)19/h4-9,11-12,16H,1-3H3. The molecule has 2 aromatic rings. The number of nitrogens with zero attached hydrogens (tertiary/aromatic N) is 1. The number of furan rings is 1. The maximum atomic E-state index is 11.0. The third-order valence-electron chi connectivity index (χ3n) is 3.29. The van der Waals surface area contributed by atoms with Crippen molar-refractivity contribution in [1.29, 1.82) is 0 Å². The summed E-state index contributed by atoms with van der Waals surface area (Å²) < 4.78 is 5.56. The van der Waals surface area contributed by atoms with E-state index in [0.717, 1.165) is 11.5 Å². The molecule has 0 aliphatic carbocycles. The third kappa shape index (κ3) is 3.05. The second-order valence-corrected chi connectivity index (χ2v) is 4.87. The van der Waals surface area contributed by atoms with E-state index in [0.29, 0.717) is 5.56 Å². The van der Waals surface area contributed by atoms with Gasteiger partial charge in [0.1, 0.15) is 11.5 Å². The van der Waals surface area contributed by atoms with Crippen LogP contribution >= 0.6 is 0 Å². The van der Waals surface area contributed by atoms with E-state index in [1.807, 2.05) is 39.0 Å². The molecule has 5 heteroatoms. The van der Waals surface area contributed by atoms with Crippen molar-refractivity contribution in [3.63, 3.8) is 0 Å². The molecule has 5 nitrogen and oxygen atoms in total. The summed E-state index contributed by atoms with van der Waals surface area (Å²) in [5, 5.41) is 14.4. The fourth-order valence-corrected chi connectivity index (χ4v) is 2.25. The molecule has 2 atom stereocenters. The van der Waals surface area contributed by atoms with Crippen LogP contribution in [0.5, 0.6) is 0 Å². The average Bonchev–Trinajstić information content (AvgIpc) is 2.85. The van der Waals surface area contributed by atoms with Crippen molar-refractivity contribution in [2.75, 3.05) is 0 Å². The summed E-state index contributed by atoms with van der Waals surface area (Å²) in [7, 11) is 0. The molecule has 0 aliphatic rings. The first-order chi connectivity index (χ1) is 9.49. The average molecular weight is 274 g/mol. The zero-order valence-electron chi connectivity index (χ0n) is 11.8. The monoisotopic (exact) mass is 274 g/mol. The number of hydrogen-bond acceptors (Lipinski definition) is 4. The van der Waals surface area contributed by atoms with Crippen LogP contribution in [0.2, 0.25) is 0 Å². The molecular weight excluding hydrogens is 256 g/mol. The summed E-state index contributed by atoms with van der Waals surface area (Å²) in [6.45, 7) is 5.78. The number of rotatable bonds is 5. The fraction of sp³-hybridized carbons (Fsp3) is 0.333. The molecule has 2 rings (SSSR count). The van der Waals surface area contributed by atoms with Crippen molar-refractivity contribution < 1.29 is 9.34 Å². The van der Waals surface area contributed by atoms with E-state index in [1.54, 1.807) is 12.1 Å². The van der Waals surface area contributed by atoms with Gasteiger partial charge >= 0.3 is 0 Å². The lowest BCUT2D eigenvalue weighted by molar-refractivity contribution is -0.385. The minimum Gasteiger partial charge on any atom is -0.465 e. The number of aryl methyl sites for hydroxylation is 1. The largest absolute Gasteiger partial charge is 0.465 e. The van der Waals surface area contributed by atoms with E-state index >= 15 is 0 Å². The molecule has 0 bridgehead atoms. The number of para-hydroxylation sites is 1. The first-order valence-electron chi connectivity index (χ1n) is 6.54. The van der Waals surface area contributed by atoms with Crippen molar-refractivity contribution in [1.82, 2.24) is 5.32 Å². The van der Waals surface area contributed by atoms with Crippen LogP contribution in [0, 0.1) is 17.0 Å². The third-order valence-corrected chi connectivity index (χ3v) is 3.29. The van der Waals surface area contributed by atoms with Crippen LogP contribution in [0.15, 0.2) is 40.8 Å². The second-order valence-electron chi connectivity index (χ2n) is 4.87. The first-order valence-corrected chi connectivity index (χ1v) is 6.54. The Morgan fingerprint density at radius 1 is 1.15 bits per heavy atom. The summed E-state index contributed by atoms with van der Waals surface area (Å²) in [6.07, 6.45) is 0. The van der Waals surface area contributed by atoms with E-state index in [-0.39, 0.29) is 22.7 Å². The van der Waals surface area contributed by atoms with Gasteiger partial charge in [0.2, 0.25) is 0 Å². The van der Waals surface area contributed by atoms with Crippen molar-refractivity contribution >= 4 is 5.69 Å². The van der Waals surface area contributed by atoms with Gasteiger partial charge in [0.25, 0.3) is 5.69 Å². The zero-order chi connectivity index (χ0) is 14.7. The molecular formula is C15H18N2O3. The van der Waals surface area contributed by atoms with E-state index in [2.05, 4.69) is 5.32 Å². The predicted molar refractivity (Wildman–Crippen MR) is 76.5 cm³/mol. The highest BCUT2D eigenvalue weighted by Gasteiger charge is 2.20.